The summed E-state index contributed by atoms with van der Waals surface area (Å²) in [6.45, 7) is 4.10. The van der Waals surface area contributed by atoms with Crippen LogP contribution < -0.4 is 20.7 Å². The van der Waals surface area contributed by atoms with Gasteiger partial charge < -0.3 is 35.5 Å². The van der Waals surface area contributed by atoms with Gasteiger partial charge in [0.15, 0.2) is 12.2 Å². The summed E-state index contributed by atoms with van der Waals surface area (Å²) in [6, 6.07) is 10.1. The van der Waals surface area contributed by atoms with Crippen LogP contribution in [-0.4, -0.2) is 53.4 Å². The first-order valence-corrected chi connectivity index (χ1v) is 10.9. The minimum absolute atomic E-state index is 0.124. The number of nitrogen functional groups attached to an aromatic ring is 1. The fourth-order valence-corrected chi connectivity index (χ4v) is 3.88. The number of halogens is 1. The third kappa shape index (κ3) is 4.75. The van der Waals surface area contributed by atoms with Crippen LogP contribution in [-0.2, 0) is 14.3 Å². The quantitative estimate of drug-likeness (QED) is 0.436. The van der Waals surface area contributed by atoms with Gasteiger partial charge in [0.25, 0.3) is 11.8 Å². The molecular formula is C23H25ClN4O5. The molecule has 3 aromatic rings. The third-order valence-electron chi connectivity index (χ3n) is 5.24. The SMILES string of the molecule is CC(C)Oc1ccc(Cl)cc1N1CCO[C@H]([C@@H](O)C(=O)Nc2ccc3c(N)[nH]cc3c2)C1=O. The second-order valence-corrected chi connectivity index (χ2v) is 8.43. The van der Waals surface area contributed by atoms with Crippen LogP contribution in [0.3, 0.4) is 0 Å². The zero-order valence-electron chi connectivity index (χ0n) is 18.2. The standard InChI is InChI=1S/C23H25ClN4O5/c1-12(2)33-18-6-3-14(24)10-17(18)28-7-8-32-20(23(28)31)19(29)22(30)27-15-4-5-16-13(9-15)11-26-21(16)25/h3-6,9-12,19-20,26,29H,7-8,25H2,1-2H3,(H,27,30)/t19-,20-/m1/s1. The molecule has 1 fully saturated rings. The molecule has 0 unspecified atom stereocenters. The van der Waals surface area contributed by atoms with Gasteiger partial charge >= 0.3 is 0 Å². The third-order valence-corrected chi connectivity index (χ3v) is 5.48. The number of fused-ring (bicyclic) bond motifs is 1. The van der Waals surface area contributed by atoms with Crippen molar-refractivity contribution < 1.29 is 24.2 Å². The van der Waals surface area contributed by atoms with Crippen molar-refractivity contribution >= 4 is 51.4 Å². The van der Waals surface area contributed by atoms with Gasteiger partial charge in [-0.1, -0.05) is 11.6 Å². The highest BCUT2D eigenvalue weighted by atomic mass is 35.5. The first-order chi connectivity index (χ1) is 15.7. The van der Waals surface area contributed by atoms with Gasteiger partial charge in [0.05, 0.1) is 18.4 Å². The van der Waals surface area contributed by atoms with E-state index < -0.39 is 24.0 Å². The minimum atomic E-state index is -1.72. The van der Waals surface area contributed by atoms with E-state index in [1.807, 2.05) is 13.8 Å². The molecule has 0 spiro atoms. The number of morpholine rings is 1. The van der Waals surface area contributed by atoms with Crippen molar-refractivity contribution in [3.05, 3.63) is 47.6 Å². The maximum absolute atomic E-state index is 13.2. The highest BCUT2D eigenvalue weighted by Crippen LogP contribution is 2.34. The normalized spacial score (nSPS) is 17.4. The van der Waals surface area contributed by atoms with Crippen molar-refractivity contribution in [2.24, 2.45) is 0 Å². The molecule has 4 rings (SSSR count). The Labute approximate surface area is 195 Å². The topological polar surface area (TPSA) is 130 Å². The predicted molar refractivity (Wildman–Crippen MR) is 127 cm³/mol. The zero-order valence-corrected chi connectivity index (χ0v) is 18.9. The van der Waals surface area contributed by atoms with Gasteiger partial charge in [0.1, 0.15) is 11.6 Å². The van der Waals surface area contributed by atoms with Crippen LogP contribution in [0.4, 0.5) is 17.2 Å². The number of carbonyl (C=O) groups excluding carboxylic acids is 2. The van der Waals surface area contributed by atoms with Crippen LogP contribution in [0, 0.1) is 0 Å². The highest BCUT2D eigenvalue weighted by Gasteiger charge is 2.40. The Morgan fingerprint density at radius 3 is 2.88 bits per heavy atom. The molecule has 33 heavy (non-hydrogen) atoms. The summed E-state index contributed by atoms with van der Waals surface area (Å²) in [4.78, 5) is 30.2. The smallest absolute Gasteiger partial charge is 0.259 e. The number of nitrogens with one attached hydrogen (secondary N) is 2. The van der Waals surface area contributed by atoms with Crippen LogP contribution in [0.5, 0.6) is 5.75 Å². The Morgan fingerprint density at radius 1 is 1.33 bits per heavy atom. The molecule has 5 N–H and O–H groups in total. The lowest BCUT2D eigenvalue weighted by molar-refractivity contribution is -0.150. The van der Waals surface area contributed by atoms with Crippen molar-refractivity contribution in [1.82, 2.24) is 4.98 Å². The molecule has 0 radical (unpaired) electrons. The number of anilines is 3. The number of nitrogens with zero attached hydrogens (tertiary/aromatic N) is 1. The van der Waals surface area contributed by atoms with E-state index in [4.69, 9.17) is 26.8 Å². The van der Waals surface area contributed by atoms with Crippen LogP contribution in [0.25, 0.3) is 10.8 Å². The summed E-state index contributed by atoms with van der Waals surface area (Å²) in [5, 5.41) is 15.3. The predicted octanol–water partition coefficient (Wildman–Crippen LogP) is 2.92. The monoisotopic (exact) mass is 472 g/mol. The summed E-state index contributed by atoms with van der Waals surface area (Å²) in [5.41, 5.74) is 6.75. The number of nitrogens with two attached hydrogens (primary N) is 1. The first kappa shape index (κ1) is 22.9. The molecule has 0 saturated carbocycles. The molecule has 1 saturated heterocycles. The Hall–Kier alpha value is -3.27. The van der Waals surface area contributed by atoms with Gasteiger partial charge in [-0.05, 0) is 50.2 Å². The summed E-state index contributed by atoms with van der Waals surface area (Å²) in [5.74, 6) is -0.330. The molecular weight excluding hydrogens is 448 g/mol. The van der Waals surface area contributed by atoms with E-state index >= 15 is 0 Å². The van der Waals surface area contributed by atoms with Crippen LogP contribution in [0.2, 0.25) is 5.02 Å². The second-order valence-electron chi connectivity index (χ2n) is 8.00. The average molecular weight is 473 g/mol. The van der Waals surface area contributed by atoms with Gasteiger partial charge in [-0.3, -0.25) is 9.59 Å². The number of hydrogen-bond donors (Lipinski definition) is 4. The Kier molecular flexibility index (Phi) is 6.46. The van der Waals surface area contributed by atoms with Crippen LogP contribution in [0.1, 0.15) is 13.8 Å². The number of amides is 2. The molecule has 1 aliphatic heterocycles. The lowest BCUT2D eigenvalue weighted by atomic mass is 10.1. The molecule has 1 aromatic heterocycles. The lowest BCUT2D eigenvalue weighted by Crippen LogP contribution is -2.55. The van der Waals surface area contributed by atoms with Gasteiger partial charge in [-0.2, -0.15) is 0 Å². The number of rotatable bonds is 6. The summed E-state index contributed by atoms with van der Waals surface area (Å²) in [7, 11) is 0. The van der Waals surface area contributed by atoms with Gasteiger partial charge in [-0.25, -0.2) is 0 Å². The van der Waals surface area contributed by atoms with Crippen molar-refractivity contribution in [2.45, 2.75) is 32.2 Å². The van der Waals surface area contributed by atoms with Crippen molar-refractivity contribution in [1.29, 1.82) is 0 Å². The summed E-state index contributed by atoms with van der Waals surface area (Å²) >= 11 is 6.15. The number of aromatic nitrogens is 1. The molecule has 2 amide bonds. The highest BCUT2D eigenvalue weighted by molar-refractivity contribution is 6.31. The molecule has 9 nitrogen and oxygen atoms in total. The fraction of sp³-hybridized carbons (Fsp3) is 0.304. The number of H-pyrrole nitrogens is 1. The molecule has 1 aliphatic rings. The maximum Gasteiger partial charge on any atom is 0.259 e. The van der Waals surface area contributed by atoms with Crippen LogP contribution >= 0.6 is 11.6 Å². The Morgan fingerprint density at radius 2 is 2.12 bits per heavy atom. The number of aromatic amines is 1. The number of aliphatic hydroxyl groups excluding tert-OH is 1. The summed E-state index contributed by atoms with van der Waals surface area (Å²) < 4.78 is 11.3. The van der Waals surface area contributed by atoms with E-state index in [1.165, 1.54) is 4.90 Å². The molecule has 0 bridgehead atoms. The van der Waals surface area contributed by atoms with Gasteiger partial charge in [0.2, 0.25) is 0 Å². The Bertz CT molecular complexity index is 1190. The molecule has 10 heteroatoms. The number of benzene rings is 2. The number of aliphatic hydroxyl groups is 1. The second kappa shape index (κ2) is 9.30. The Balaban J connectivity index is 1.52. The molecule has 2 aromatic carbocycles. The molecule has 0 aliphatic carbocycles. The van der Waals surface area contributed by atoms with E-state index in [9.17, 15) is 14.7 Å². The van der Waals surface area contributed by atoms with Gasteiger partial charge in [-0.15, -0.1) is 0 Å². The van der Waals surface area contributed by atoms with Crippen molar-refractivity contribution in [2.75, 3.05) is 29.1 Å². The maximum atomic E-state index is 13.2. The average Bonchev–Trinajstić information content (AvgIpc) is 3.14. The number of hydrogen-bond acceptors (Lipinski definition) is 6. The van der Waals surface area contributed by atoms with E-state index in [2.05, 4.69) is 10.3 Å². The van der Waals surface area contributed by atoms with E-state index in [0.29, 0.717) is 28.0 Å². The first-order valence-electron chi connectivity index (χ1n) is 10.5. The number of carbonyl (C=O) groups is 2. The number of ether oxygens (including phenoxy) is 2. The van der Waals surface area contributed by atoms with Crippen LogP contribution in [0.15, 0.2) is 42.6 Å². The van der Waals surface area contributed by atoms with E-state index in [-0.39, 0.29) is 19.3 Å². The largest absolute Gasteiger partial charge is 0.489 e. The molecule has 2 heterocycles. The minimum Gasteiger partial charge on any atom is -0.489 e. The van der Waals surface area contributed by atoms with Crippen molar-refractivity contribution in [3.8, 4) is 5.75 Å². The summed E-state index contributed by atoms with van der Waals surface area (Å²) in [6.07, 6.45) is -1.51. The molecule has 2 atom stereocenters. The van der Waals surface area contributed by atoms with E-state index in [0.717, 1.165) is 10.8 Å². The van der Waals surface area contributed by atoms with E-state index in [1.54, 1.807) is 42.6 Å². The zero-order chi connectivity index (χ0) is 23.7. The lowest BCUT2D eigenvalue weighted by Gasteiger charge is -2.35. The van der Waals surface area contributed by atoms with Gasteiger partial charge in [0, 0.05) is 34.2 Å². The fourth-order valence-electron chi connectivity index (χ4n) is 3.72. The van der Waals surface area contributed by atoms with Crippen molar-refractivity contribution in [3.63, 3.8) is 0 Å². The molecule has 174 valence electrons.